The van der Waals surface area contributed by atoms with Gasteiger partial charge < -0.3 is 10.1 Å². The van der Waals surface area contributed by atoms with Gasteiger partial charge in [-0.25, -0.2) is 0 Å². The van der Waals surface area contributed by atoms with Gasteiger partial charge in [0.2, 0.25) is 0 Å². The van der Waals surface area contributed by atoms with Crippen LogP contribution < -0.4 is 5.32 Å². The lowest BCUT2D eigenvalue weighted by Gasteiger charge is -2.39. The first-order chi connectivity index (χ1) is 12.0. The van der Waals surface area contributed by atoms with Gasteiger partial charge in [-0.1, -0.05) is 12.0 Å². The maximum atomic E-state index is 7.92. The van der Waals surface area contributed by atoms with Gasteiger partial charge in [0.15, 0.2) is 0 Å². The Labute approximate surface area is 151 Å². The molecule has 0 amide bonds. The van der Waals surface area contributed by atoms with Gasteiger partial charge in [0.05, 0.1) is 5.54 Å². The summed E-state index contributed by atoms with van der Waals surface area (Å²) in [6.07, 6.45) is 0.857. The van der Waals surface area contributed by atoms with Crippen LogP contribution in [0.1, 0.15) is 38.3 Å². The molecule has 0 radical (unpaired) electrons. The lowest BCUT2D eigenvalue weighted by atomic mass is 9.85. The molecule has 4 heteroatoms. The normalized spacial score (nSPS) is 23.0. The summed E-state index contributed by atoms with van der Waals surface area (Å²) < 4.78 is 8.00. The SMILES string of the molecule is CC#Cc1ccc2sc3ccc([C@]4(C)C[C@@H](C)OC(=N)N4)cc3c2c1. The fourth-order valence-corrected chi connectivity index (χ4v) is 4.75. The van der Waals surface area contributed by atoms with E-state index in [9.17, 15) is 0 Å². The Morgan fingerprint density at radius 2 is 1.92 bits per heavy atom. The second-order valence-electron chi connectivity index (χ2n) is 6.82. The quantitative estimate of drug-likeness (QED) is 0.610. The Morgan fingerprint density at radius 1 is 1.20 bits per heavy atom. The van der Waals surface area contributed by atoms with E-state index >= 15 is 0 Å². The highest BCUT2D eigenvalue weighted by molar-refractivity contribution is 7.25. The van der Waals surface area contributed by atoms with Gasteiger partial charge in [0.1, 0.15) is 6.10 Å². The molecule has 2 atom stereocenters. The van der Waals surface area contributed by atoms with Gasteiger partial charge in [-0.15, -0.1) is 17.3 Å². The molecule has 2 heterocycles. The zero-order chi connectivity index (χ0) is 17.6. The molecule has 1 aliphatic heterocycles. The molecule has 4 rings (SSSR count). The third-order valence-corrected chi connectivity index (χ3v) is 5.93. The van der Waals surface area contributed by atoms with Crippen molar-refractivity contribution in [1.29, 1.82) is 5.41 Å². The van der Waals surface area contributed by atoms with E-state index in [1.54, 1.807) is 0 Å². The minimum Gasteiger partial charge on any atom is -0.462 e. The Morgan fingerprint density at radius 3 is 2.64 bits per heavy atom. The van der Waals surface area contributed by atoms with E-state index in [4.69, 9.17) is 10.1 Å². The maximum absolute atomic E-state index is 7.92. The molecule has 0 bridgehead atoms. The third kappa shape index (κ3) is 2.75. The van der Waals surface area contributed by atoms with Gasteiger partial charge >= 0.3 is 0 Å². The Balaban J connectivity index is 1.88. The number of nitrogens with one attached hydrogen (secondary N) is 2. The van der Waals surface area contributed by atoms with Crippen molar-refractivity contribution in [3.8, 4) is 11.8 Å². The Kier molecular flexibility index (Phi) is 3.70. The van der Waals surface area contributed by atoms with Crippen molar-refractivity contribution in [2.24, 2.45) is 0 Å². The fraction of sp³-hybridized carbons (Fsp3) is 0.286. The highest BCUT2D eigenvalue weighted by atomic mass is 32.1. The summed E-state index contributed by atoms with van der Waals surface area (Å²) in [5.74, 6) is 6.12. The van der Waals surface area contributed by atoms with Crippen LogP contribution in [-0.4, -0.2) is 12.1 Å². The molecule has 0 aliphatic carbocycles. The maximum Gasteiger partial charge on any atom is 0.282 e. The molecule has 0 spiro atoms. The molecule has 2 N–H and O–H groups in total. The molecule has 3 aromatic rings. The van der Waals surface area contributed by atoms with Gasteiger partial charge in [-0.05, 0) is 56.7 Å². The summed E-state index contributed by atoms with van der Waals surface area (Å²) in [6, 6.07) is 13.2. The molecule has 1 saturated heterocycles. The van der Waals surface area contributed by atoms with Crippen molar-refractivity contribution < 1.29 is 4.74 Å². The number of thiophene rings is 1. The summed E-state index contributed by atoms with van der Waals surface area (Å²) in [7, 11) is 0. The van der Waals surface area contributed by atoms with E-state index in [1.807, 2.05) is 25.2 Å². The number of rotatable bonds is 1. The fourth-order valence-electron chi connectivity index (χ4n) is 3.68. The first-order valence-electron chi connectivity index (χ1n) is 8.41. The summed E-state index contributed by atoms with van der Waals surface area (Å²) in [5, 5.41) is 13.6. The van der Waals surface area contributed by atoms with E-state index < -0.39 is 0 Å². The van der Waals surface area contributed by atoms with Crippen LogP contribution in [0.4, 0.5) is 0 Å². The van der Waals surface area contributed by atoms with Gasteiger partial charge in [-0.3, -0.25) is 5.41 Å². The number of benzene rings is 2. The smallest absolute Gasteiger partial charge is 0.282 e. The van der Waals surface area contributed by atoms with Crippen molar-refractivity contribution in [3.05, 3.63) is 47.5 Å². The molecule has 3 nitrogen and oxygen atoms in total. The van der Waals surface area contributed by atoms with Crippen LogP contribution in [0, 0.1) is 17.3 Å². The van der Waals surface area contributed by atoms with E-state index in [0.29, 0.717) is 0 Å². The van der Waals surface area contributed by atoms with Gasteiger partial charge in [0, 0.05) is 32.2 Å². The second kappa shape index (κ2) is 5.79. The van der Waals surface area contributed by atoms with Crippen molar-refractivity contribution in [2.45, 2.75) is 38.8 Å². The number of ether oxygens (including phenoxy) is 1. The van der Waals surface area contributed by atoms with Crippen molar-refractivity contribution in [3.63, 3.8) is 0 Å². The highest BCUT2D eigenvalue weighted by Crippen LogP contribution is 2.38. The van der Waals surface area contributed by atoms with E-state index in [2.05, 4.69) is 60.5 Å². The number of amidine groups is 1. The summed E-state index contributed by atoms with van der Waals surface area (Å²) >= 11 is 1.81. The zero-order valence-electron chi connectivity index (χ0n) is 14.6. The predicted octanol–water partition coefficient (Wildman–Crippen LogP) is 4.97. The summed E-state index contributed by atoms with van der Waals surface area (Å²) in [6.45, 7) is 6.02. The van der Waals surface area contributed by atoms with E-state index in [0.717, 1.165) is 12.0 Å². The minimum atomic E-state index is -0.294. The minimum absolute atomic E-state index is 0.0279. The van der Waals surface area contributed by atoms with Crippen molar-refractivity contribution in [2.75, 3.05) is 0 Å². The molecule has 1 fully saturated rings. The lowest BCUT2D eigenvalue weighted by Crippen LogP contribution is -2.51. The highest BCUT2D eigenvalue weighted by Gasteiger charge is 2.35. The Bertz CT molecular complexity index is 1060. The Hall–Kier alpha value is -2.51. The lowest BCUT2D eigenvalue weighted by molar-refractivity contribution is 0.104. The monoisotopic (exact) mass is 348 g/mol. The van der Waals surface area contributed by atoms with Crippen LogP contribution in [0.2, 0.25) is 0 Å². The zero-order valence-corrected chi connectivity index (χ0v) is 15.4. The van der Waals surface area contributed by atoms with Crippen LogP contribution in [0.15, 0.2) is 36.4 Å². The molecule has 0 unspecified atom stereocenters. The number of hydrogen-bond acceptors (Lipinski definition) is 3. The van der Waals surface area contributed by atoms with Crippen LogP contribution in [0.3, 0.4) is 0 Å². The third-order valence-electron chi connectivity index (χ3n) is 4.78. The van der Waals surface area contributed by atoms with Crippen LogP contribution in [0.25, 0.3) is 20.2 Å². The van der Waals surface area contributed by atoms with Crippen LogP contribution in [0.5, 0.6) is 0 Å². The van der Waals surface area contributed by atoms with Crippen LogP contribution in [-0.2, 0) is 10.3 Å². The molecule has 0 saturated carbocycles. The average molecular weight is 348 g/mol. The number of hydrogen-bond donors (Lipinski definition) is 2. The van der Waals surface area contributed by atoms with Gasteiger partial charge in [-0.2, -0.15) is 0 Å². The molecular formula is C21H20N2OS. The predicted molar refractivity (Wildman–Crippen MR) is 105 cm³/mol. The molecular weight excluding hydrogens is 328 g/mol. The molecule has 2 aromatic carbocycles. The molecule has 25 heavy (non-hydrogen) atoms. The van der Waals surface area contributed by atoms with E-state index in [-0.39, 0.29) is 17.7 Å². The van der Waals surface area contributed by atoms with E-state index in [1.165, 1.54) is 25.7 Å². The van der Waals surface area contributed by atoms with Crippen molar-refractivity contribution >= 4 is 37.5 Å². The standard InChI is InChI=1S/C21H20N2OS/c1-4-5-14-6-8-18-16(10-14)17-11-15(7-9-19(17)25-18)21(3)12-13(2)24-20(22)23-21/h6-11,13H,12H2,1-3H3,(H2,22,23)/t13-,21+/m1/s1. The number of fused-ring (bicyclic) bond motifs is 3. The van der Waals surface area contributed by atoms with Gasteiger partial charge in [0.25, 0.3) is 6.02 Å². The van der Waals surface area contributed by atoms with Crippen LogP contribution >= 0.6 is 11.3 Å². The molecule has 1 aromatic heterocycles. The second-order valence-corrected chi connectivity index (χ2v) is 7.90. The first-order valence-corrected chi connectivity index (χ1v) is 9.23. The average Bonchev–Trinajstić information content (AvgIpc) is 2.91. The summed E-state index contributed by atoms with van der Waals surface area (Å²) in [5.41, 5.74) is 1.94. The topological polar surface area (TPSA) is 45.1 Å². The largest absolute Gasteiger partial charge is 0.462 e. The van der Waals surface area contributed by atoms with Crippen molar-refractivity contribution in [1.82, 2.24) is 5.32 Å². The summed E-state index contributed by atoms with van der Waals surface area (Å²) in [4.78, 5) is 0. The molecule has 1 aliphatic rings. The first kappa shape index (κ1) is 16.0. The molecule has 126 valence electrons.